The third-order valence-corrected chi connectivity index (χ3v) is 4.35. The van der Waals surface area contributed by atoms with Crippen LogP contribution < -0.4 is 20.2 Å². The second kappa shape index (κ2) is 5.88. The van der Waals surface area contributed by atoms with Crippen LogP contribution in [0.25, 0.3) is 0 Å². The van der Waals surface area contributed by atoms with Gasteiger partial charge in [0.2, 0.25) is 5.91 Å². The van der Waals surface area contributed by atoms with Crippen LogP contribution in [0.4, 0.5) is 11.4 Å². The van der Waals surface area contributed by atoms with E-state index in [1.165, 1.54) is 4.57 Å². The lowest BCUT2D eigenvalue weighted by atomic mass is 10.2. The van der Waals surface area contributed by atoms with E-state index in [1.807, 2.05) is 0 Å². The minimum absolute atomic E-state index is 0.0505. The number of aromatic nitrogens is 1. The molecular formula is C15H15N3O4S. The van der Waals surface area contributed by atoms with E-state index in [2.05, 4.69) is 10.6 Å². The van der Waals surface area contributed by atoms with Crippen LogP contribution in [0.5, 0.6) is 5.75 Å². The van der Waals surface area contributed by atoms with Gasteiger partial charge in [-0.3, -0.25) is 19.0 Å². The first-order chi connectivity index (χ1) is 10.9. The summed E-state index contributed by atoms with van der Waals surface area (Å²) in [6, 6.07) is 4.99. The van der Waals surface area contributed by atoms with E-state index in [9.17, 15) is 14.4 Å². The normalized spacial score (nSPS) is 16.3. The van der Waals surface area contributed by atoms with Gasteiger partial charge in [0.25, 0.3) is 5.91 Å². The number of hydrogen-bond acceptors (Lipinski definition) is 5. The van der Waals surface area contributed by atoms with Gasteiger partial charge >= 0.3 is 4.87 Å². The molecule has 2 aromatic rings. The van der Waals surface area contributed by atoms with Gasteiger partial charge in [0.1, 0.15) is 12.3 Å². The van der Waals surface area contributed by atoms with Crippen LogP contribution in [0.15, 0.2) is 28.4 Å². The van der Waals surface area contributed by atoms with E-state index in [-0.39, 0.29) is 23.2 Å². The Hall–Kier alpha value is -2.61. The number of aryl methyl sites for hydroxylation is 1. The molecule has 0 aliphatic carbocycles. The van der Waals surface area contributed by atoms with Gasteiger partial charge in [-0.25, -0.2) is 0 Å². The molecule has 7 nitrogen and oxygen atoms in total. The van der Waals surface area contributed by atoms with Crippen molar-refractivity contribution in [1.29, 1.82) is 0 Å². The lowest BCUT2D eigenvalue weighted by molar-refractivity contribution is -0.122. The molecule has 2 N–H and O–H groups in total. The first kappa shape index (κ1) is 15.3. The molecule has 0 fully saturated rings. The maximum atomic E-state index is 12.1. The molecule has 1 aliphatic heterocycles. The number of hydrogen-bond donors (Lipinski definition) is 2. The van der Waals surface area contributed by atoms with Gasteiger partial charge in [0.05, 0.1) is 5.69 Å². The SMILES string of the molecule is Cc1csc(=O)n1CC(=O)Nc1ccc2c(c1)NC(=O)[C@@H](C)O2. The molecule has 0 unspecified atom stereocenters. The van der Waals surface area contributed by atoms with E-state index in [1.54, 1.807) is 37.4 Å². The molecular weight excluding hydrogens is 318 g/mol. The number of carbonyl (C=O) groups excluding carboxylic acids is 2. The third kappa shape index (κ3) is 3.11. The third-order valence-electron chi connectivity index (χ3n) is 3.47. The molecule has 0 radical (unpaired) electrons. The number of fused-ring (bicyclic) bond motifs is 1. The maximum Gasteiger partial charge on any atom is 0.307 e. The van der Waals surface area contributed by atoms with Gasteiger partial charge in [0, 0.05) is 16.8 Å². The highest BCUT2D eigenvalue weighted by atomic mass is 32.1. The van der Waals surface area contributed by atoms with Crippen molar-refractivity contribution in [3.8, 4) is 5.75 Å². The Kier molecular flexibility index (Phi) is 3.91. The summed E-state index contributed by atoms with van der Waals surface area (Å²) in [5.74, 6) is 0.00592. The summed E-state index contributed by atoms with van der Waals surface area (Å²) in [6.07, 6.45) is -0.545. The molecule has 0 spiro atoms. The number of anilines is 2. The highest BCUT2D eigenvalue weighted by Crippen LogP contribution is 2.32. The smallest absolute Gasteiger partial charge is 0.307 e. The average Bonchev–Trinajstić information content (AvgIpc) is 2.80. The molecule has 23 heavy (non-hydrogen) atoms. The summed E-state index contributed by atoms with van der Waals surface area (Å²) >= 11 is 1.06. The van der Waals surface area contributed by atoms with Crippen LogP contribution in [-0.4, -0.2) is 22.5 Å². The molecule has 0 saturated heterocycles. The quantitative estimate of drug-likeness (QED) is 0.892. The molecule has 0 saturated carbocycles. The first-order valence-corrected chi connectivity index (χ1v) is 7.88. The van der Waals surface area contributed by atoms with Crippen LogP contribution in [0.3, 0.4) is 0 Å². The highest BCUT2D eigenvalue weighted by Gasteiger charge is 2.23. The number of amides is 2. The van der Waals surface area contributed by atoms with E-state index < -0.39 is 6.10 Å². The minimum atomic E-state index is -0.545. The Morgan fingerprint density at radius 1 is 1.43 bits per heavy atom. The first-order valence-electron chi connectivity index (χ1n) is 7.00. The van der Waals surface area contributed by atoms with E-state index >= 15 is 0 Å². The molecule has 0 bridgehead atoms. The van der Waals surface area contributed by atoms with Gasteiger partial charge in [-0.05, 0) is 32.0 Å². The standard InChI is InChI=1S/C15H15N3O4S/c1-8-7-23-15(21)18(8)6-13(19)16-10-3-4-12-11(5-10)17-14(20)9(2)22-12/h3-5,7,9H,6H2,1-2H3,(H,16,19)(H,17,20)/t9-/m1/s1. The maximum absolute atomic E-state index is 12.1. The van der Waals surface area contributed by atoms with Crippen molar-refractivity contribution in [3.05, 3.63) is 38.9 Å². The highest BCUT2D eigenvalue weighted by molar-refractivity contribution is 7.07. The fraction of sp³-hybridized carbons (Fsp3) is 0.267. The van der Waals surface area contributed by atoms with Crippen LogP contribution in [0.1, 0.15) is 12.6 Å². The minimum Gasteiger partial charge on any atom is -0.479 e. The van der Waals surface area contributed by atoms with E-state index in [0.29, 0.717) is 17.1 Å². The molecule has 8 heteroatoms. The Balaban J connectivity index is 1.74. The second-order valence-corrected chi connectivity index (χ2v) is 6.06. The van der Waals surface area contributed by atoms with Gasteiger partial charge in [0.15, 0.2) is 6.10 Å². The lowest BCUT2D eigenvalue weighted by Crippen LogP contribution is -2.34. The van der Waals surface area contributed by atoms with Crippen molar-refractivity contribution in [1.82, 2.24) is 4.57 Å². The van der Waals surface area contributed by atoms with Gasteiger partial charge in [-0.1, -0.05) is 11.3 Å². The summed E-state index contributed by atoms with van der Waals surface area (Å²) in [6.45, 7) is 3.39. The zero-order valence-electron chi connectivity index (χ0n) is 12.6. The number of thiazole rings is 1. The van der Waals surface area contributed by atoms with E-state index in [0.717, 1.165) is 17.0 Å². The number of rotatable bonds is 3. The monoisotopic (exact) mass is 333 g/mol. The van der Waals surface area contributed by atoms with Crippen LogP contribution in [-0.2, 0) is 16.1 Å². The molecule has 2 heterocycles. The lowest BCUT2D eigenvalue weighted by Gasteiger charge is -2.23. The van der Waals surface area contributed by atoms with Crippen molar-refractivity contribution < 1.29 is 14.3 Å². The van der Waals surface area contributed by atoms with Gasteiger partial charge < -0.3 is 15.4 Å². The van der Waals surface area contributed by atoms with Crippen molar-refractivity contribution in [2.75, 3.05) is 10.6 Å². The van der Waals surface area contributed by atoms with Crippen LogP contribution >= 0.6 is 11.3 Å². The number of carbonyl (C=O) groups is 2. The fourth-order valence-electron chi connectivity index (χ4n) is 2.23. The summed E-state index contributed by atoms with van der Waals surface area (Å²) in [5, 5.41) is 7.14. The Morgan fingerprint density at radius 3 is 2.91 bits per heavy atom. The molecule has 1 aromatic heterocycles. The zero-order chi connectivity index (χ0) is 16.6. The summed E-state index contributed by atoms with van der Waals surface area (Å²) in [5.41, 5.74) is 1.78. The Morgan fingerprint density at radius 2 is 2.22 bits per heavy atom. The van der Waals surface area contributed by atoms with Crippen molar-refractivity contribution in [2.45, 2.75) is 26.5 Å². The Labute approximate surface area is 135 Å². The topological polar surface area (TPSA) is 89.4 Å². The summed E-state index contributed by atoms with van der Waals surface area (Å²) in [7, 11) is 0. The average molecular weight is 333 g/mol. The predicted molar refractivity (Wildman–Crippen MR) is 87.1 cm³/mol. The van der Waals surface area contributed by atoms with Crippen LogP contribution in [0.2, 0.25) is 0 Å². The fourth-order valence-corrected chi connectivity index (χ4v) is 2.96. The van der Waals surface area contributed by atoms with Gasteiger partial charge in [-0.15, -0.1) is 0 Å². The predicted octanol–water partition coefficient (Wildman–Crippen LogP) is 1.58. The molecule has 3 rings (SSSR count). The molecule has 120 valence electrons. The number of nitrogens with one attached hydrogen (secondary N) is 2. The Bertz CT molecular complexity index is 839. The van der Waals surface area contributed by atoms with Crippen LogP contribution in [0, 0.1) is 6.92 Å². The van der Waals surface area contributed by atoms with Crippen molar-refractivity contribution in [2.24, 2.45) is 0 Å². The zero-order valence-corrected chi connectivity index (χ0v) is 13.4. The summed E-state index contributed by atoms with van der Waals surface area (Å²) < 4.78 is 6.86. The number of nitrogens with zero attached hydrogens (tertiary/aromatic N) is 1. The molecule has 2 amide bonds. The van der Waals surface area contributed by atoms with Gasteiger partial charge in [-0.2, -0.15) is 0 Å². The second-order valence-electron chi connectivity index (χ2n) is 5.24. The largest absolute Gasteiger partial charge is 0.479 e. The molecule has 1 aliphatic rings. The molecule has 1 atom stereocenters. The van der Waals surface area contributed by atoms with Crippen molar-refractivity contribution >= 4 is 34.5 Å². The molecule has 1 aromatic carbocycles. The number of ether oxygens (including phenoxy) is 1. The van der Waals surface area contributed by atoms with Crippen molar-refractivity contribution in [3.63, 3.8) is 0 Å². The van der Waals surface area contributed by atoms with E-state index in [4.69, 9.17) is 4.74 Å². The number of benzene rings is 1. The summed E-state index contributed by atoms with van der Waals surface area (Å²) in [4.78, 5) is 35.2.